The third kappa shape index (κ3) is 3.21. The molecule has 132 valence electrons. The molecule has 1 aliphatic heterocycles. The number of nitrogens with two attached hydrogens (primary N) is 1. The lowest BCUT2D eigenvalue weighted by molar-refractivity contribution is -0.137. The summed E-state index contributed by atoms with van der Waals surface area (Å²) in [7, 11) is 0. The van der Waals surface area contributed by atoms with Crippen LogP contribution in [0.25, 0.3) is 6.08 Å². The molecule has 0 aromatic carbocycles. The quantitative estimate of drug-likeness (QED) is 0.870. The van der Waals surface area contributed by atoms with Gasteiger partial charge in [0.1, 0.15) is 11.6 Å². The van der Waals surface area contributed by atoms with Crippen molar-refractivity contribution in [2.24, 2.45) is 0 Å². The molecule has 2 atom stereocenters. The summed E-state index contributed by atoms with van der Waals surface area (Å²) in [5.74, 6) is -0.111. The summed E-state index contributed by atoms with van der Waals surface area (Å²) in [5, 5.41) is 2.59. The molecular formula is C16H16F3N5O. The second-order valence-corrected chi connectivity index (χ2v) is 5.90. The monoisotopic (exact) mass is 351 g/mol. The van der Waals surface area contributed by atoms with Crippen molar-refractivity contribution < 1.29 is 18.0 Å². The zero-order valence-electron chi connectivity index (χ0n) is 13.5. The van der Waals surface area contributed by atoms with E-state index in [-0.39, 0.29) is 17.9 Å². The topological polar surface area (TPSA) is 85.8 Å². The number of hydrogen-bond acceptors (Lipinski definition) is 4. The molecule has 1 aliphatic rings. The lowest BCUT2D eigenvalue weighted by atomic mass is 9.90. The Labute approximate surface area is 141 Å². The zero-order chi connectivity index (χ0) is 18.4. The van der Waals surface area contributed by atoms with Crippen LogP contribution in [-0.2, 0) is 11.0 Å². The van der Waals surface area contributed by atoms with Gasteiger partial charge in [-0.05, 0) is 24.6 Å². The van der Waals surface area contributed by atoms with Crippen molar-refractivity contribution in [3.63, 3.8) is 0 Å². The molecule has 25 heavy (non-hydrogen) atoms. The Kier molecular flexibility index (Phi) is 4.02. The Balaban J connectivity index is 1.95. The highest BCUT2D eigenvalue weighted by Gasteiger charge is 2.35. The van der Waals surface area contributed by atoms with Gasteiger partial charge in [-0.25, -0.2) is 9.97 Å². The van der Waals surface area contributed by atoms with Gasteiger partial charge in [0.25, 0.3) is 0 Å². The molecule has 3 rings (SSSR count). The van der Waals surface area contributed by atoms with E-state index in [1.807, 2.05) is 6.92 Å². The molecule has 2 aromatic heterocycles. The highest BCUT2D eigenvalue weighted by atomic mass is 19.4. The van der Waals surface area contributed by atoms with Gasteiger partial charge in [-0.15, -0.1) is 0 Å². The number of carbonyl (C=O) groups excluding carboxylic acids is 1. The minimum Gasteiger partial charge on any atom is -0.383 e. The van der Waals surface area contributed by atoms with Crippen molar-refractivity contribution in [3.05, 3.63) is 41.5 Å². The molecule has 0 radical (unpaired) electrons. The standard InChI is InChI=1S/C16H16F3N5O/c1-8-11(10-5-12(16(17,18)19)15(20)21-6-10)3-4-14-23-13(7-24(8)14)22-9(2)25/h3-8,11H,1-2H3,(H2,20,21)(H,22,25). The van der Waals surface area contributed by atoms with Crippen LogP contribution >= 0.6 is 0 Å². The van der Waals surface area contributed by atoms with Crippen LogP contribution in [0.5, 0.6) is 0 Å². The molecule has 2 unspecified atom stereocenters. The summed E-state index contributed by atoms with van der Waals surface area (Å²) >= 11 is 0. The molecular weight excluding hydrogens is 335 g/mol. The normalized spacial score (nSPS) is 19.6. The number of carbonyl (C=O) groups is 1. The fraction of sp³-hybridized carbons (Fsp3) is 0.312. The van der Waals surface area contributed by atoms with Gasteiger partial charge in [0.05, 0.1) is 5.56 Å². The van der Waals surface area contributed by atoms with Crippen LogP contribution in [0.2, 0.25) is 0 Å². The summed E-state index contributed by atoms with van der Waals surface area (Å²) in [6.07, 6.45) is 1.94. The van der Waals surface area contributed by atoms with Gasteiger partial charge in [0.15, 0.2) is 5.82 Å². The molecule has 0 saturated heterocycles. The molecule has 3 N–H and O–H groups in total. The van der Waals surface area contributed by atoms with E-state index in [1.165, 1.54) is 13.1 Å². The molecule has 3 heterocycles. The largest absolute Gasteiger partial charge is 0.419 e. The number of anilines is 2. The maximum atomic E-state index is 13.1. The number of rotatable bonds is 2. The van der Waals surface area contributed by atoms with Gasteiger partial charge in [-0.1, -0.05) is 6.08 Å². The van der Waals surface area contributed by atoms with E-state index in [4.69, 9.17) is 5.73 Å². The Morgan fingerprint density at radius 1 is 1.40 bits per heavy atom. The van der Waals surface area contributed by atoms with E-state index >= 15 is 0 Å². The van der Waals surface area contributed by atoms with Crippen molar-refractivity contribution in [2.45, 2.75) is 32.0 Å². The van der Waals surface area contributed by atoms with Crippen molar-refractivity contribution in [3.8, 4) is 0 Å². The predicted octanol–water partition coefficient (Wildman–Crippen LogP) is 3.21. The summed E-state index contributed by atoms with van der Waals surface area (Å²) in [4.78, 5) is 19.1. The zero-order valence-corrected chi connectivity index (χ0v) is 13.5. The van der Waals surface area contributed by atoms with Crippen LogP contribution in [0, 0.1) is 0 Å². The molecule has 0 fully saturated rings. The Morgan fingerprint density at radius 3 is 2.76 bits per heavy atom. The predicted molar refractivity (Wildman–Crippen MR) is 86.7 cm³/mol. The Hall–Kier alpha value is -2.84. The van der Waals surface area contributed by atoms with E-state index in [0.717, 1.165) is 6.07 Å². The van der Waals surface area contributed by atoms with Crippen LogP contribution in [-0.4, -0.2) is 20.4 Å². The first-order valence-corrected chi connectivity index (χ1v) is 7.54. The number of halogens is 3. The fourth-order valence-electron chi connectivity index (χ4n) is 2.91. The van der Waals surface area contributed by atoms with Crippen molar-refractivity contribution in [2.75, 3.05) is 11.1 Å². The van der Waals surface area contributed by atoms with Gasteiger partial charge in [-0.2, -0.15) is 13.2 Å². The number of amides is 1. The van der Waals surface area contributed by atoms with E-state index in [2.05, 4.69) is 15.3 Å². The third-order valence-corrected chi connectivity index (χ3v) is 4.11. The maximum Gasteiger partial charge on any atom is 0.419 e. The molecule has 0 spiro atoms. The highest BCUT2D eigenvalue weighted by Crippen LogP contribution is 2.39. The molecule has 0 aliphatic carbocycles. The van der Waals surface area contributed by atoms with Gasteiger partial charge in [0, 0.05) is 31.3 Å². The number of nitrogens with one attached hydrogen (secondary N) is 1. The molecule has 2 aromatic rings. The van der Waals surface area contributed by atoms with Crippen LogP contribution in [0.3, 0.4) is 0 Å². The number of hydrogen-bond donors (Lipinski definition) is 2. The van der Waals surface area contributed by atoms with Crippen LogP contribution < -0.4 is 11.1 Å². The van der Waals surface area contributed by atoms with Gasteiger partial charge in [0.2, 0.25) is 5.91 Å². The first-order valence-electron chi connectivity index (χ1n) is 7.54. The Morgan fingerprint density at radius 2 is 2.12 bits per heavy atom. The van der Waals surface area contributed by atoms with Gasteiger partial charge < -0.3 is 15.6 Å². The number of allylic oxidation sites excluding steroid dienone is 1. The average molecular weight is 351 g/mol. The van der Waals surface area contributed by atoms with Gasteiger partial charge >= 0.3 is 6.18 Å². The second-order valence-electron chi connectivity index (χ2n) is 5.90. The molecule has 0 bridgehead atoms. The lowest BCUT2D eigenvalue weighted by Crippen LogP contribution is -2.19. The summed E-state index contributed by atoms with van der Waals surface area (Å²) < 4.78 is 41.0. The summed E-state index contributed by atoms with van der Waals surface area (Å²) in [6, 6.07) is 0.825. The van der Waals surface area contributed by atoms with Crippen molar-refractivity contribution >= 4 is 23.6 Å². The Bertz CT molecular complexity index is 856. The number of nitrogens with zero attached hydrogens (tertiary/aromatic N) is 3. The van der Waals surface area contributed by atoms with Crippen LogP contribution in [0.4, 0.5) is 24.8 Å². The van der Waals surface area contributed by atoms with Gasteiger partial charge in [-0.3, -0.25) is 4.79 Å². The smallest absolute Gasteiger partial charge is 0.383 e. The SMILES string of the molecule is CC(=O)Nc1cn2c(n1)C=CC(c1cnc(N)c(C(F)(F)F)c1)C2C. The van der Waals surface area contributed by atoms with E-state index < -0.39 is 17.6 Å². The number of nitrogen functional groups attached to an aromatic ring is 1. The average Bonchev–Trinajstić information content (AvgIpc) is 2.90. The van der Waals surface area contributed by atoms with E-state index in [0.29, 0.717) is 17.2 Å². The summed E-state index contributed by atoms with van der Waals surface area (Å²) in [6.45, 7) is 3.24. The number of fused-ring (bicyclic) bond motifs is 1. The molecule has 9 heteroatoms. The highest BCUT2D eigenvalue weighted by molar-refractivity contribution is 5.87. The minimum atomic E-state index is -4.56. The maximum absolute atomic E-state index is 13.1. The van der Waals surface area contributed by atoms with E-state index in [9.17, 15) is 18.0 Å². The number of imidazole rings is 1. The molecule has 1 amide bonds. The molecule has 0 saturated carbocycles. The van der Waals surface area contributed by atoms with Crippen molar-refractivity contribution in [1.82, 2.24) is 14.5 Å². The number of alkyl halides is 3. The van der Waals surface area contributed by atoms with Crippen molar-refractivity contribution in [1.29, 1.82) is 0 Å². The molecule has 6 nitrogen and oxygen atoms in total. The number of aromatic nitrogens is 3. The lowest BCUT2D eigenvalue weighted by Gasteiger charge is -2.27. The first kappa shape index (κ1) is 17.0. The van der Waals surface area contributed by atoms with Crippen LogP contribution in [0.1, 0.15) is 42.8 Å². The fourth-order valence-corrected chi connectivity index (χ4v) is 2.91. The second kappa shape index (κ2) is 5.91. The van der Waals surface area contributed by atoms with E-state index in [1.54, 1.807) is 22.9 Å². The van der Waals surface area contributed by atoms with Crippen LogP contribution in [0.15, 0.2) is 24.5 Å². The summed E-state index contributed by atoms with van der Waals surface area (Å²) in [5.41, 5.74) is 4.83. The third-order valence-electron chi connectivity index (χ3n) is 4.11. The minimum absolute atomic E-state index is 0.207. The number of pyridine rings is 1. The first-order chi connectivity index (χ1) is 11.7.